The Bertz CT molecular complexity index is 660. The lowest BCUT2D eigenvalue weighted by Crippen LogP contribution is -2.64. The summed E-state index contributed by atoms with van der Waals surface area (Å²) < 4.78 is 5.20. The SMILES string of the molecule is C=CCOC(=O)C1=C2CN(C(=S)NC)CC[C@@H]2[C@@H]2[C@@H]([C@@H](C)O)C(=O)N12. The van der Waals surface area contributed by atoms with Crippen LogP contribution in [0, 0.1) is 11.8 Å². The van der Waals surface area contributed by atoms with E-state index in [0.717, 1.165) is 18.5 Å². The molecule has 25 heavy (non-hydrogen) atoms. The van der Waals surface area contributed by atoms with Gasteiger partial charge < -0.3 is 25.0 Å². The number of nitrogens with one attached hydrogen (secondary N) is 1. The Morgan fingerprint density at radius 2 is 2.32 bits per heavy atom. The molecule has 3 aliphatic heterocycles. The normalized spacial score (nSPS) is 28.8. The van der Waals surface area contributed by atoms with Crippen molar-refractivity contribution in [1.82, 2.24) is 15.1 Å². The molecule has 7 nitrogen and oxygen atoms in total. The lowest BCUT2D eigenvalue weighted by molar-refractivity contribution is -0.164. The Kier molecular flexibility index (Phi) is 4.83. The summed E-state index contributed by atoms with van der Waals surface area (Å²) in [5, 5.41) is 13.5. The molecule has 2 N–H and O–H groups in total. The molecule has 0 bridgehead atoms. The van der Waals surface area contributed by atoms with Gasteiger partial charge in [0.25, 0.3) is 0 Å². The Morgan fingerprint density at radius 3 is 2.92 bits per heavy atom. The molecule has 0 saturated carbocycles. The van der Waals surface area contributed by atoms with Crippen molar-refractivity contribution in [2.45, 2.75) is 25.5 Å². The summed E-state index contributed by atoms with van der Waals surface area (Å²) in [4.78, 5) is 28.6. The molecule has 0 aromatic carbocycles. The average Bonchev–Trinajstić information content (AvgIpc) is 2.88. The minimum atomic E-state index is -0.741. The first-order valence-corrected chi connectivity index (χ1v) is 8.82. The summed E-state index contributed by atoms with van der Waals surface area (Å²) in [6.07, 6.45) is 1.52. The number of fused-ring (bicyclic) bond motifs is 3. The van der Waals surface area contributed by atoms with Crippen LogP contribution in [0.4, 0.5) is 0 Å². The first-order chi connectivity index (χ1) is 11.9. The number of nitrogens with zero attached hydrogens (tertiary/aromatic N) is 2. The van der Waals surface area contributed by atoms with E-state index < -0.39 is 18.0 Å². The highest BCUT2D eigenvalue weighted by molar-refractivity contribution is 7.80. The number of hydrogen-bond acceptors (Lipinski definition) is 5. The number of aliphatic hydroxyl groups excluding tert-OH is 1. The summed E-state index contributed by atoms with van der Waals surface area (Å²) in [5.74, 6) is -1.14. The van der Waals surface area contributed by atoms with Gasteiger partial charge in [0.05, 0.1) is 18.1 Å². The highest BCUT2D eigenvalue weighted by atomic mass is 32.1. The Hall–Kier alpha value is -1.93. The van der Waals surface area contributed by atoms with Gasteiger partial charge in [-0.3, -0.25) is 4.79 Å². The summed E-state index contributed by atoms with van der Waals surface area (Å²) in [5.41, 5.74) is 1.20. The average molecular weight is 365 g/mol. The molecule has 4 atom stereocenters. The van der Waals surface area contributed by atoms with Gasteiger partial charge in [0.15, 0.2) is 5.11 Å². The van der Waals surface area contributed by atoms with E-state index in [2.05, 4.69) is 11.9 Å². The number of carbonyl (C=O) groups excluding carboxylic acids is 2. The number of amides is 1. The van der Waals surface area contributed by atoms with Gasteiger partial charge in [0.2, 0.25) is 5.91 Å². The zero-order valence-electron chi connectivity index (χ0n) is 14.4. The molecule has 2 saturated heterocycles. The Balaban J connectivity index is 1.94. The summed E-state index contributed by atoms with van der Waals surface area (Å²) in [7, 11) is 1.76. The van der Waals surface area contributed by atoms with E-state index in [0.29, 0.717) is 17.4 Å². The minimum absolute atomic E-state index is 0.0551. The first-order valence-electron chi connectivity index (χ1n) is 8.41. The minimum Gasteiger partial charge on any atom is -0.457 e. The number of aliphatic hydroxyl groups is 1. The van der Waals surface area contributed by atoms with E-state index in [4.69, 9.17) is 17.0 Å². The quantitative estimate of drug-likeness (QED) is 0.314. The predicted molar refractivity (Wildman–Crippen MR) is 95.3 cm³/mol. The van der Waals surface area contributed by atoms with Crippen LogP contribution in [0.25, 0.3) is 0 Å². The van der Waals surface area contributed by atoms with Gasteiger partial charge in [-0.25, -0.2) is 4.79 Å². The number of β-lactam (4-membered cyclic amide) rings is 1. The zero-order valence-corrected chi connectivity index (χ0v) is 15.2. The second-order valence-electron chi connectivity index (χ2n) is 6.60. The van der Waals surface area contributed by atoms with E-state index in [1.54, 1.807) is 14.0 Å². The Labute approximate surface area is 152 Å². The van der Waals surface area contributed by atoms with Crippen LogP contribution in [0.15, 0.2) is 23.9 Å². The van der Waals surface area contributed by atoms with E-state index in [1.165, 1.54) is 11.0 Å². The molecule has 3 heterocycles. The molecular formula is C17H23N3O4S. The fourth-order valence-electron chi connectivity index (χ4n) is 4.13. The van der Waals surface area contributed by atoms with Crippen LogP contribution in [0.1, 0.15) is 13.3 Å². The number of thiocarbonyl (C=S) groups is 1. The molecule has 0 unspecified atom stereocenters. The smallest absolute Gasteiger partial charge is 0.355 e. The van der Waals surface area contributed by atoms with Crippen molar-refractivity contribution in [1.29, 1.82) is 0 Å². The van der Waals surface area contributed by atoms with Crippen molar-refractivity contribution in [2.75, 3.05) is 26.7 Å². The predicted octanol–water partition coefficient (Wildman–Crippen LogP) is 0.0173. The van der Waals surface area contributed by atoms with Gasteiger partial charge in [-0.1, -0.05) is 12.7 Å². The number of carbonyl (C=O) groups is 2. The fraction of sp³-hybridized carbons (Fsp3) is 0.588. The van der Waals surface area contributed by atoms with Gasteiger partial charge in [0, 0.05) is 26.1 Å². The second kappa shape index (κ2) is 6.76. The largest absolute Gasteiger partial charge is 0.457 e. The maximum Gasteiger partial charge on any atom is 0.355 e. The van der Waals surface area contributed by atoms with Gasteiger partial charge in [-0.2, -0.15) is 0 Å². The summed E-state index contributed by atoms with van der Waals surface area (Å²) in [6.45, 7) is 6.48. The van der Waals surface area contributed by atoms with Crippen LogP contribution in [-0.2, 0) is 14.3 Å². The molecule has 0 spiro atoms. The van der Waals surface area contributed by atoms with E-state index >= 15 is 0 Å². The number of likely N-dealkylation sites (tertiary alicyclic amines) is 1. The lowest BCUT2D eigenvalue weighted by Gasteiger charge is -2.48. The molecule has 0 radical (unpaired) electrons. The topological polar surface area (TPSA) is 82.1 Å². The van der Waals surface area contributed by atoms with Crippen molar-refractivity contribution < 1.29 is 19.4 Å². The number of rotatable bonds is 4. The summed E-state index contributed by atoms with van der Waals surface area (Å²) >= 11 is 5.31. The van der Waals surface area contributed by atoms with Crippen LogP contribution in [0.3, 0.4) is 0 Å². The van der Waals surface area contributed by atoms with E-state index in [9.17, 15) is 14.7 Å². The fourth-order valence-corrected chi connectivity index (χ4v) is 4.29. The van der Waals surface area contributed by atoms with Crippen LogP contribution in [0.2, 0.25) is 0 Å². The molecule has 0 aliphatic carbocycles. The number of ether oxygens (including phenoxy) is 1. The zero-order chi connectivity index (χ0) is 18.3. The van der Waals surface area contributed by atoms with E-state index in [-0.39, 0.29) is 24.5 Å². The van der Waals surface area contributed by atoms with Gasteiger partial charge in [-0.15, -0.1) is 0 Å². The molecule has 1 amide bonds. The van der Waals surface area contributed by atoms with Crippen LogP contribution in [-0.4, -0.2) is 70.8 Å². The third kappa shape index (κ3) is 2.73. The number of hydrogen-bond donors (Lipinski definition) is 2. The standard InChI is InChI=1S/C17H23N3O4S/c1-4-7-24-16(23)14-11-8-19(17(25)18-3)6-5-10(11)13-12(9(2)21)15(22)20(13)14/h4,9-10,12-13,21H,1,5-8H2,2-3H3,(H,18,25)/t9-,10+,12-,13-/m1/s1. The second-order valence-corrected chi connectivity index (χ2v) is 6.98. The van der Waals surface area contributed by atoms with Crippen molar-refractivity contribution in [2.24, 2.45) is 11.8 Å². The number of piperidine rings is 1. The van der Waals surface area contributed by atoms with Crippen molar-refractivity contribution in [3.8, 4) is 0 Å². The van der Waals surface area contributed by atoms with Crippen LogP contribution >= 0.6 is 12.2 Å². The van der Waals surface area contributed by atoms with E-state index in [1.807, 2.05) is 4.90 Å². The van der Waals surface area contributed by atoms with Gasteiger partial charge in [-0.05, 0) is 31.1 Å². The molecule has 8 heteroatoms. The molecule has 3 aliphatic rings. The van der Waals surface area contributed by atoms with Crippen molar-refractivity contribution in [3.63, 3.8) is 0 Å². The van der Waals surface area contributed by atoms with Crippen molar-refractivity contribution >= 4 is 29.2 Å². The third-order valence-electron chi connectivity index (χ3n) is 5.21. The monoisotopic (exact) mass is 365 g/mol. The van der Waals surface area contributed by atoms with Crippen LogP contribution in [0.5, 0.6) is 0 Å². The highest BCUT2D eigenvalue weighted by Crippen LogP contribution is 2.50. The highest BCUT2D eigenvalue weighted by Gasteiger charge is 2.61. The molecule has 136 valence electrons. The maximum atomic E-state index is 12.6. The lowest BCUT2D eigenvalue weighted by atomic mass is 9.74. The first kappa shape index (κ1) is 17.9. The van der Waals surface area contributed by atoms with Crippen molar-refractivity contribution in [3.05, 3.63) is 23.9 Å². The molecule has 3 rings (SSSR count). The molecule has 2 fully saturated rings. The maximum absolute atomic E-state index is 12.6. The number of esters is 1. The van der Waals surface area contributed by atoms with Gasteiger partial charge >= 0.3 is 5.97 Å². The summed E-state index contributed by atoms with van der Waals surface area (Å²) in [6, 6.07) is -0.168. The molecule has 0 aromatic heterocycles. The Morgan fingerprint density at radius 1 is 1.60 bits per heavy atom. The third-order valence-corrected chi connectivity index (χ3v) is 5.67. The van der Waals surface area contributed by atoms with Gasteiger partial charge in [0.1, 0.15) is 12.3 Å². The molecular weight excluding hydrogens is 342 g/mol. The molecule has 0 aromatic rings. The van der Waals surface area contributed by atoms with Crippen LogP contribution < -0.4 is 5.32 Å².